The van der Waals surface area contributed by atoms with Gasteiger partial charge in [-0.2, -0.15) is 0 Å². The third-order valence-electron chi connectivity index (χ3n) is 3.06. The summed E-state index contributed by atoms with van der Waals surface area (Å²) in [6.07, 6.45) is 1.86. The van der Waals surface area contributed by atoms with Crippen LogP contribution in [0.5, 0.6) is 0 Å². The van der Waals surface area contributed by atoms with Gasteiger partial charge in [-0.1, -0.05) is 13.0 Å². The minimum atomic E-state index is -0.806. The molecule has 1 aromatic rings. The predicted molar refractivity (Wildman–Crippen MR) is 68.5 cm³/mol. The predicted octanol–water partition coefficient (Wildman–Crippen LogP) is 3.43. The number of benzene rings is 1. The summed E-state index contributed by atoms with van der Waals surface area (Å²) in [5.74, 6) is -1.60. The highest BCUT2D eigenvalue weighted by molar-refractivity contribution is 5.21. The molecule has 0 aliphatic carbocycles. The molecule has 0 aliphatic heterocycles. The zero-order valence-corrected chi connectivity index (χ0v) is 11.2. The van der Waals surface area contributed by atoms with Gasteiger partial charge in [-0.25, -0.2) is 8.78 Å². The van der Waals surface area contributed by atoms with Crippen molar-refractivity contribution in [1.82, 2.24) is 5.32 Å². The maximum absolute atomic E-state index is 13.2. The van der Waals surface area contributed by atoms with E-state index in [4.69, 9.17) is 4.74 Å². The van der Waals surface area contributed by atoms with Crippen LogP contribution in [-0.4, -0.2) is 19.8 Å². The molecule has 0 fully saturated rings. The van der Waals surface area contributed by atoms with Crippen LogP contribution in [0.1, 0.15) is 38.3 Å². The maximum atomic E-state index is 13.2. The normalized spacial score (nSPS) is 14.5. The Morgan fingerprint density at radius 2 is 1.94 bits per heavy atom. The van der Waals surface area contributed by atoms with E-state index in [2.05, 4.69) is 5.32 Å². The van der Waals surface area contributed by atoms with Crippen molar-refractivity contribution in [2.75, 3.05) is 13.7 Å². The minimum Gasteiger partial charge on any atom is -0.382 e. The summed E-state index contributed by atoms with van der Waals surface area (Å²) in [5, 5.41) is 3.28. The topological polar surface area (TPSA) is 21.3 Å². The number of nitrogens with one attached hydrogen (secondary N) is 1. The fraction of sp³-hybridized carbons (Fsp3) is 0.571. The molecule has 1 aromatic carbocycles. The highest BCUT2D eigenvalue weighted by Gasteiger charge is 2.14. The molecule has 0 saturated carbocycles. The molecule has 0 bridgehead atoms. The summed E-state index contributed by atoms with van der Waals surface area (Å²) in [5.41, 5.74) is 0.777. The molecule has 1 N–H and O–H groups in total. The molecular formula is C14H21F2NO. The van der Waals surface area contributed by atoms with E-state index in [1.165, 1.54) is 12.1 Å². The first kappa shape index (κ1) is 15.1. The van der Waals surface area contributed by atoms with Crippen molar-refractivity contribution in [3.63, 3.8) is 0 Å². The lowest BCUT2D eigenvalue weighted by Crippen LogP contribution is -2.22. The first-order valence-electron chi connectivity index (χ1n) is 6.29. The largest absolute Gasteiger partial charge is 0.382 e. The van der Waals surface area contributed by atoms with Crippen LogP contribution in [-0.2, 0) is 4.74 Å². The summed E-state index contributed by atoms with van der Waals surface area (Å²) >= 11 is 0. The zero-order chi connectivity index (χ0) is 13.5. The Morgan fingerprint density at radius 1 is 1.22 bits per heavy atom. The average molecular weight is 257 g/mol. The van der Waals surface area contributed by atoms with E-state index in [-0.39, 0.29) is 12.1 Å². The summed E-state index contributed by atoms with van der Waals surface area (Å²) in [6.45, 7) is 4.77. The van der Waals surface area contributed by atoms with E-state index < -0.39 is 11.6 Å². The van der Waals surface area contributed by atoms with Crippen molar-refractivity contribution in [1.29, 1.82) is 0 Å². The standard InChI is InChI=1S/C14H21F2NO/c1-4-17-14(8-5-10(2)18-3)11-6-7-12(15)13(16)9-11/h6-7,9-10,14,17H,4-5,8H2,1-3H3. The van der Waals surface area contributed by atoms with E-state index in [9.17, 15) is 8.78 Å². The van der Waals surface area contributed by atoms with Crippen LogP contribution in [0.2, 0.25) is 0 Å². The number of ether oxygens (including phenoxy) is 1. The minimum absolute atomic E-state index is 0.0303. The Labute approximate surface area is 107 Å². The van der Waals surface area contributed by atoms with Gasteiger partial charge in [-0.15, -0.1) is 0 Å². The summed E-state index contributed by atoms with van der Waals surface area (Å²) in [6, 6.07) is 4.10. The Kier molecular flexibility index (Phi) is 6.22. The van der Waals surface area contributed by atoms with Gasteiger partial charge in [0.25, 0.3) is 0 Å². The highest BCUT2D eigenvalue weighted by atomic mass is 19.2. The van der Waals surface area contributed by atoms with E-state index in [1.54, 1.807) is 13.2 Å². The van der Waals surface area contributed by atoms with Gasteiger partial charge in [0.15, 0.2) is 11.6 Å². The molecule has 0 radical (unpaired) electrons. The van der Waals surface area contributed by atoms with E-state index in [1.807, 2.05) is 13.8 Å². The Morgan fingerprint density at radius 3 is 2.50 bits per heavy atom. The molecule has 18 heavy (non-hydrogen) atoms. The molecule has 102 valence electrons. The van der Waals surface area contributed by atoms with Gasteiger partial charge in [0.05, 0.1) is 6.10 Å². The molecule has 2 nitrogen and oxygen atoms in total. The molecule has 0 aromatic heterocycles. The second-order valence-corrected chi connectivity index (χ2v) is 4.41. The highest BCUT2D eigenvalue weighted by Crippen LogP contribution is 2.21. The molecule has 0 heterocycles. The SMILES string of the molecule is CCNC(CCC(C)OC)c1ccc(F)c(F)c1. The van der Waals surface area contributed by atoms with E-state index in [0.717, 1.165) is 24.9 Å². The third-order valence-corrected chi connectivity index (χ3v) is 3.06. The molecule has 2 atom stereocenters. The van der Waals surface area contributed by atoms with Gasteiger partial charge in [0.1, 0.15) is 0 Å². The summed E-state index contributed by atoms with van der Waals surface area (Å²) < 4.78 is 31.3. The molecule has 0 spiro atoms. The van der Waals surface area contributed by atoms with Gasteiger partial charge in [0, 0.05) is 13.2 Å². The van der Waals surface area contributed by atoms with Crippen molar-refractivity contribution in [2.24, 2.45) is 0 Å². The lowest BCUT2D eigenvalue weighted by molar-refractivity contribution is 0.106. The lowest BCUT2D eigenvalue weighted by Gasteiger charge is -2.20. The van der Waals surface area contributed by atoms with Gasteiger partial charge in [0.2, 0.25) is 0 Å². The van der Waals surface area contributed by atoms with Crippen molar-refractivity contribution in [3.05, 3.63) is 35.4 Å². The Balaban J connectivity index is 2.73. The van der Waals surface area contributed by atoms with Crippen LogP contribution >= 0.6 is 0 Å². The monoisotopic (exact) mass is 257 g/mol. The first-order valence-corrected chi connectivity index (χ1v) is 6.29. The molecular weight excluding hydrogens is 236 g/mol. The summed E-state index contributed by atoms with van der Waals surface area (Å²) in [7, 11) is 1.67. The number of hydrogen-bond acceptors (Lipinski definition) is 2. The van der Waals surface area contributed by atoms with Crippen LogP contribution in [0.25, 0.3) is 0 Å². The fourth-order valence-corrected chi connectivity index (χ4v) is 1.88. The van der Waals surface area contributed by atoms with Gasteiger partial charge in [-0.05, 0) is 44.0 Å². The van der Waals surface area contributed by atoms with Gasteiger partial charge >= 0.3 is 0 Å². The lowest BCUT2D eigenvalue weighted by atomic mass is 10.00. The van der Waals surface area contributed by atoms with Crippen LogP contribution in [0.4, 0.5) is 8.78 Å². The summed E-state index contributed by atoms with van der Waals surface area (Å²) in [4.78, 5) is 0. The number of hydrogen-bond donors (Lipinski definition) is 1. The molecule has 0 amide bonds. The van der Waals surface area contributed by atoms with Crippen LogP contribution in [0.15, 0.2) is 18.2 Å². The van der Waals surface area contributed by atoms with Crippen molar-refractivity contribution in [3.8, 4) is 0 Å². The van der Waals surface area contributed by atoms with E-state index in [0.29, 0.717) is 0 Å². The van der Waals surface area contributed by atoms with Crippen molar-refractivity contribution >= 4 is 0 Å². The van der Waals surface area contributed by atoms with Crippen molar-refractivity contribution < 1.29 is 13.5 Å². The molecule has 4 heteroatoms. The quantitative estimate of drug-likeness (QED) is 0.808. The zero-order valence-electron chi connectivity index (χ0n) is 11.2. The smallest absolute Gasteiger partial charge is 0.159 e. The van der Waals surface area contributed by atoms with Crippen LogP contribution < -0.4 is 5.32 Å². The maximum Gasteiger partial charge on any atom is 0.159 e. The molecule has 2 unspecified atom stereocenters. The van der Waals surface area contributed by atoms with Crippen LogP contribution in [0.3, 0.4) is 0 Å². The van der Waals surface area contributed by atoms with Gasteiger partial charge in [-0.3, -0.25) is 0 Å². The molecule has 1 rings (SSSR count). The second kappa shape index (κ2) is 7.44. The third kappa shape index (κ3) is 4.35. The second-order valence-electron chi connectivity index (χ2n) is 4.41. The molecule has 0 aliphatic rings. The fourth-order valence-electron chi connectivity index (χ4n) is 1.88. The first-order chi connectivity index (χ1) is 8.58. The number of rotatable bonds is 7. The van der Waals surface area contributed by atoms with Crippen molar-refractivity contribution in [2.45, 2.75) is 38.8 Å². The van der Waals surface area contributed by atoms with Gasteiger partial charge < -0.3 is 10.1 Å². The Hall–Kier alpha value is -1.00. The molecule has 0 saturated heterocycles. The van der Waals surface area contributed by atoms with Crippen LogP contribution in [0, 0.1) is 11.6 Å². The Bertz CT molecular complexity index is 371. The average Bonchev–Trinajstić information content (AvgIpc) is 2.37. The van der Waals surface area contributed by atoms with E-state index >= 15 is 0 Å². The number of methoxy groups -OCH3 is 1. The number of halogens is 2.